The third-order valence-corrected chi connectivity index (χ3v) is 8.52. The number of benzene rings is 1. The molecule has 0 saturated carbocycles. The molecule has 0 atom stereocenters. The molecule has 4 aromatic heterocycles. The van der Waals surface area contributed by atoms with Crippen LogP contribution in [0, 0.1) is 6.92 Å². The van der Waals surface area contributed by atoms with Crippen molar-refractivity contribution in [1.82, 2.24) is 19.3 Å². The number of rotatable bonds is 12. The zero-order chi connectivity index (χ0) is 29.5. The first-order valence-corrected chi connectivity index (χ1v) is 14.9. The number of hydrogen-bond donors (Lipinski definition) is 1. The molecule has 12 nitrogen and oxygen atoms in total. The fraction of sp³-hybridized carbons (Fsp3) is 0.179. The third-order valence-electron chi connectivity index (χ3n) is 5.99. The monoisotopic (exact) mass is 607 g/mol. The van der Waals surface area contributed by atoms with Crippen molar-refractivity contribution in [3.8, 4) is 10.6 Å². The van der Waals surface area contributed by atoms with Crippen LogP contribution in [0.5, 0.6) is 0 Å². The predicted molar refractivity (Wildman–Crippen MR) is 153 cm³/mol. The number of esters is 1. The second-order valence-corrected chi connectivity index (χ2v) is 11.7. The maximum atomic E-state index is 13.6. The number of aryl methyl sites for hydroxylation is 1. The molecule has 5 rings (SSSR count). The number of hydrogen-bond acceptors (Lipinski definition) is 12. The van der Waals surface area contributed by atoms with Crippen LogP contribution < -0.4 is 11.1 Å². The number of ether oxygens (including phenoxy) is 1. The van der Waals surface area contributed by atoms with Gasteiger partial charge in [-0.15, -0.1) is 11.3 Å². The predicted octanol–water partition coefficient (Wildman–Crippen LogP) is 4.00. The van der Waals surface area contributed by atoms with E-state index in [1.54, 1.807) is 36.5 Å². The molecule has 0 aliphatic rings. The average Bonchev–Trinajstić information content (AvgIpc) is 3.65. The van der Waals surface area contributed by atoms with Gasteiger partial charge < -0.3 is 18.9 Å². The van der Waals surface area contributed by atoms with Gasteiger partial charge in [-0.05, 0) is 36.8 Å². The molecule has 1 aromatic carbocycles. The number of carbonyl (C=O) groups excluding carboxylic acids is 1. The topological polar surface area (TPSA) is 158 Å². The Hall–Kier alpha value is -4.66. The van der Waals surface area contributed by atoms with E-state index in [2.05, 4.69) is 20.3 Å². The summed E-state index contributed by atoms with van der Waals surface area (Å²) in [5, 5.41) is 5.56. The van der Waals surface area contributed by atoms with Gasteiger partial charge in [0.15, 0.2) is 23.2 Å². The molecule has 216 valence electrons. The number of nitrogens with zero attached hydrogens (tertiary/aromatic N) is 4. The average molecular weight is 608 g/mol. The van der Waals surface area contributed by atoms with Crippen LogP contribution in [0.1, 0.15) is 22.8 Å². The lowest BCUT2D eigenvalue weighted by Gasteiger charge is -2.22. The van der Waals surface area contributed by atoms with E-state index in [1.165, 1.54) is 34.8 Å². The van der Waals surface area contributed by atoms with Gasteiger partial charge in [0.2, 0.25) is 0 Å². The number of thiazole rings is 1. The van der Waals surface area contributed by atoms with Crippen molar-refractivity contribution < 1.29 is 26.8 Å². The molecule has 0 fully saturated rings. The van der Waals surface area contributed by atoms with E-state index in [1.807, 2.05) is 29.6 Å². The lowest BCUT2D eigenvalue weighted by atomic mass is 10.1. The summed E-state index contributed by atoms with van der Waals surface area (Å²) >= 11 is 1.52. The first kappa shape index (κ1) is 28.9. The Morgan fingerprint density at radius 3 is 2.52 bits per heavy atom. The maximum absolute atomic E-state index is 13.6. The zero-order valence-electron chi connectivity index (χ0n) is 22.3. The number of pyridine rings is 2. The van der Waals surface area contributed by atoms with Gasteiger partial charge in [-0.25, -0.2) is 28.2 Å². The van der Waals surface area contributed by atoms with Crippen molar-refractivity contribution in [2.24, 2.45) is 0 Å². The molecular weight excluding hydrogens is 582 g/mol. The van der Waals surface area contributed by atoms with Crippen LogP contribution in [-0.2, 0) is 39.3 Å². The molecule has 0 unspecified atom stereocenters. The number of aromatic nitrogens is 3. The Kier molecular flexibility index (Phi) is 8.85. The zero-order valence-corrected chi connectivity index (χ0v) is 23.9. The smallest absolute Gasteiger partial charge is 0.456 e. The minimum Gasteiger partial charge on any atom is -0.456 e. The fourth-order valence-corrected chi connectivity index (χ4v) is 5.87. The van der Waals surface area contributed by atoms with Crippen LogP contribution in [0.15, 0.2) is 97.1 Å². The van der Waals surface area contributed by atoms with Crippen LogP contribution in [0.3, 0.4) is 0 Å². The number of sulfonamides is 1. The van der Waals surface area contributed by atoms with E-state index >= 15 is 0 Å². The normalized spacial score (nSPS) is 11.5. The van der Waals surface area contributed by atoms with Gasteiger partial charge in [0, 0.05) is 29.9 Å². The van der Waals surface area contributed by atoms with E-state index in [9.17, 15) is 18.0 Å². The molecule has 0 amide bonds. The van der Waals surface area contributed by atoms with Crippen LogP contribution >= 0.6 is 11.3 Å². The molecule has 0 saturated heterocycles. The van der Waals surface area contributed by atoms with E-state index in [0.717, 1.165) is 16.1 Å². The van der Waals surface area contributed by atoms with Gasteiger partial charge in [0.1, 0.15) is 17.4 Å². The van der Waals surface area contributed by atoms with Crippen molar-refractivity contribution in [3.05, 3.63) is 112 Å². The second kappa shape index (κ2) is 12.9. The molecule has 5 aromatic rings. The van der Waals surface area contributed by atoms with E-state index in [4.69, 9.17) is 13.6 Å². The largest absolute Gasteiger partial charge is 0.519 e. The van der Waals surface area contributed by atoms with Gasteiger partial charge in [0.05, 0.1) is 12.2 Å². The highest BCUT2D eigenvalue weighted by molar-refractivity contribution is 7.89. The first-order valence-electron chi connectivity index (χ1n) is 12.6. The Morgan fingerprint density at radius 1 is 1.00 bits per heavy atom. The number of nitrogens with one attached hydrogen (secondary N) is 1. The molecule has 0 radical (unpaired) electrons. The standard InChI is InChI=1S/C28H25N5O7S2/c1-19-23(40-28(35)39-19)18-38-26(34)15-31-24-6-4-5-22(32-24)17-33(42(36,37)25-7-2-3-12-29-25)16-20-8-10-21(11-9-20)27-30-13-14-41-27/h2-14H,15-18H2,1H3,(H,31,32). The summed E-state index contributed by atoms with van der Waals surface area (Å²) in [7, 11) is -3.99. The van der Waals surface area contributed by atoms with Crippen LogP contribution in [0.4, 0.5) is 5.82 Å². The molecule has 4 heterocycles. The first-order chi connectivity index (χ1) is 20.3. The van der Waals surface area contributed by atoms with Crippen molar-refractivity contribution in [2.75, 3.05) is 11.9 Å². The molecule has 0 aliphatic heterocycles. The number of anilines is 1. The third kappa shape index (κ3) is 7.15. The molecule has 42 heavy (non-hydrogen) atoms. The summed E-state index contributed by atoms with van der Waals surface area (Å²) in [6.07, 6.45) is 3.16. The van der Waals surface area contributed by atoms with E-state index in [-0.39, 0.29) is 42.8 Å². The Balaban J connectivity index is 1.29. The summed E-state index contributed by atoms with van der Waals surface area (Å²) in [5.74, 6) is -0.787. The molecule has 0 spiro atoms. The molecular formula is C28H25N5O7S2. The fourth-order valence-electron chi connectivity index (χ4n) is 3.89. The van der Waals surface area contributed by atoms with Crippen molar-refractivity contribution in [1.29, 1.82) is 0 Å². The summed E-state index contributed by atoms with van der Waals surface area (Å²) < 4.78 is 43.2. The molecule has 14 heteroatoms. The highest BCUT2D eigenvalue weighted by Gasteiger charge is 2.27. The minimum absolute atomic E-state index is 0.0497. The highest BCUT2D eigenvalue weighted by atomic mass is 32.2. The Labute approximate surface area is 244 Å². The summed E-state index contributed by atoms with van der Waals surface area (Å²) in [5.41, 5.74) is 2.16. The summed E-state index contributed by atoms with van der Waals surface area (Å²) in [6, 6.07) is 17.3. The second-order valence-electron chi connectivity index (χ2n) is 8.94. The van der Waals surface area contributed by atoms with Crippen molar-refractivity contribution in [2.45, 2.75) is 31.6 Å². The van der Waals surface area contributed by atoms with Gasteiger partial charge in [-0.2, -0.15) is 4.31 Å². The Bertz CT molecular complexity index is 1800. The molecule has 0 bridgehead atoms. The summed E-state index contributed by atoms with van der Waals surface area (Å²) in [6.45, 7) is 1.07. The van der Waals surface area contributed by atoms with E-state index < -0.39 is 21.8 Å². The highest BCUT2D eigenvalue weighted by Crippen LogP contribution is 2.24. The SMILES string of the molecule is Cc1oc(=O)oc1COC(=O)CNc1cccc(CN(Cc2ccc(-c3nccs3)cc2)S(=O)(=O)c2ccccn2)n1. The molecule has 0 aliphatic carbocycles. The van der Waals surface area contributed by atoms with Crippen molar-refractivity contribution in [3.63, 3.8) is 0 Å². The van der Waals surface area contributed by atoms with Crippen LogP contribution in [0.2, 0.25) is 0 Å². The van der Waals surface area contributed by atoms with E-state index in [0.29, 0.717) is 11.5 Å². The maximum Gasteiger partial charge on any atom is 0.519 e. The van der Waals surface area contributed by atoms with Crippen LogP contribution in [0.25, 0.3) is 10.6 Å². The summed E-state index contributed by atoms with van der Waals surface area (Å²) in [4.78, 5) is 36.2. The van der Waals surface area contributed by atoms with Crippen molar-refractivity contribution >= 4 is 33.1 Å². The lowest BCUT2D eigenvalue weighted by molar-refractivity contribution is -0.143. The quantitative estimate of drug-likeness (QED) is 0.204. The number of carbonyl (C=O) groups is 1. The van der Waals surface area contributed by atoms with Gasteiger partial charge in [0.25, 0.3) is 10.0 Å². The lowest BCUT2D eigenvalue weighted by Crippen LogP contribution is -2.31. The van der Waals surface area contributed by atoms with Gasteiger partial charge in [-0.3, -0.25) is 4.79 Å². The Morgan fingerprint density at radius 2 is 1.83 bits per heavy atom. The van der Waals surface area contributed by atoms with Gasteiger partial charge in [-0.1, -0.05) is 36.4 Å². The molecule has 1 N–H and O–H groups in total. The minimum atomic E-state index is -3.99. The van der Waals surface area contributed by atoms with Gasteiger partial charge >= 0.3 is 11.8 Å². The van der Waals surface area contributed by atoms with Crippen LogP contribution in [-0.4, -0.2) is 40.2 Å².